The van der Waals surface area contributed by atoms with Crippen molar-refractivity contribution in [1.82, 2.24) is 10.3 Å². The minimum Gasteiger partial charge on any atom is -0.391 e. The molecule has 3 aromatic rings. The van der Waals surface area contributed by atoms with Crippen LogP contribution in [-0.2, 0) is 5.41 Å². The molecule has 2 amide bonds. The molecule has 1 aromatic heterocycles. The molecule has 6 heteroatoms. The number of halogens is 1. The van der Waals surface area contributed by atoms with Crippen molar-refractivity contribution in [2.75, 3.05) is 5.32 Å². The summed E-state index contributed by atoms with van der Waals surface area (Å²) in [6.45, 7) is 6.16. The van der Waals surface area contributed by atoms with E-state index in [2.05, 4.69) is 51.5 Å². The summed E-state index contributed by atoms with van der Waals surface area (Å²) in [5, 5.41) is 16.8. The highest BCUT2D eigenvalue weighted by Crippen LogP contribution is 2.42. The molecule has 0 spiro atoms. The molecule has 31 heavy (non-hydrogen) atoms. The van der Waals surface area contributed by atoms with E-state index in [-0.39, 0.29) is 11.4 Å². The lowest BCUT2D eigenvalue weighted by molar-refractivity contribution is 0.0882. The van der Waals surface area contributed by atoms with Gasteiger partial charge in [0.05, 0.1) is 23.5 Å². The van der Waals surface area contributed by atoms with Crippen LogP contribution in [0.5, 0.6) is 0 Å². The average molecular weight is 480 g/mol. The number of benzene rings is 2. The fourth-order valence-electron chi connectivity index (χ4n) is 4.31. The Morgan fingerprint density at radius 3 is 2.65 bits per heavy atom. The number of urea groups is 1. The van der Waals surface area contributed by atoms with Gasteiger partial charge in [0.15, 0.2) is 0 Å². The van der Waals surface area contributed by atoms with E-state index in [0.29, 0.717) is 17.8 Å². The van der Waals surface area contributed by atoms with Gasteiger partial charge in [-0.05, 0) is 53.6 Å². The number of pyridine rings is 1. The Labute approximate surface area is 191 Å². The van der Waals surface area contributed by atoms with Crippen molar-refractivity contribution < 1.29 is 9.90 Å². The van der Waals surface area contributed by atoms with Gasteiger partial charge in [-0.1, -0.05) is 66.2 Å². The Bertz CT molecular complexity index is 1120. The zero-order valence-electron chi connectivity index (χ0n) is 17.8. The number of aromatic nitrogens is 1. The number of hydrogen-bond acceptors (Lipinski definition) is 3. The molecule has 1 heterocycles. The smallest absolute Gasteiger partial charge is 0.319 e. The number of nitrogens with one attached hydrogen (secondary N) is 2. The van der Waals surface area contributed by atoms with Gasteiger partial charge in [0, 0.05) is 16.2 Å². The Hall–Kier alpha value is -2.70. The van der Waals surface area contributed by atoms with Crippen molar-refractivity contribution in [3.63, 3.8) is 0 Å². The predicted molar refractivity (Wildman–Crippen MR) is 127 cm³/mol. The maximum atomic E-state index is 13.0. The minimum atomic E-state index is -0.682. The van der Waals surface area contributed by atoms with Crippen molar-refractivity contribution in [2.24, 2.45) is 0 Å². The number of aliphatic hydroxyl groups is 1. The first-order chi connectivity index (χ1) is 14.7. The monoisotopic (exact) mass is 479 g/mol. The molecule has 0 unspecified atom stereocenters. The van der Waals surface area contributed by atoms with E-state index < -0.39 is 12.1 Å². The van der Waals surface area contributed by atoms with Gasteiger partial charge in [-0.3, -0.25) is 4.98 Å². The van der Waals surface area contributed by atoms with Gasteiger partial charge >= 0.3 is 6.03 Å². The maximum absolute atomic E-state index is 13.0. The van der Waals surface area contributed by atoms with Crippen LogP contribution in [0.4, 0.5) is 10.5 Å². The molecule has 5 nitrogen and oxygen atoms in total. The van der Waals surface area contributed by atoms with Crippen LogP contribution in [0.15, 0.2) is 65.3 Å². The van der Waals surface area contributed by atoms with Crippen molar-refractivity contribution in [2.45, 2.75) is 44.8 Å². The number of anilines is 1. The molecule has 0 fully saturated rings. The number of carbonyl (C=O) groups is 1. The van der Waals surface area contributed by atoms with Crippen LogP contribution < -0.4 is 10.6 Å². The summed E-state index contributed by atoms with van der Waals surface area (Å²) in [7, 11) is 0. The van der Waals surface area contributed by atoms with E-state index in [1.54, 1.807) is 6.20 Å². The van der Waals surface area contributed by atoms with Crippen molar-refractivity contribution in [3.05, 3.63) is 82.0 Å². The molecule has 4 rings (SSSR count). The van der Waals surface area contributed by atoms with Gasteiger partial charge in [0.2, 0.25) is 0 Å². The zero-order valence-corrected chi connectivity index (χ0v) is 19.4. The second-order valence-electron chi connectivity index (χ2n) is 8.74. The fourth-order valence-corrected chi connectivity index (χ4v) is 4.67. The highest BCUT2D eigenvalue weighted by atomic mass is 79.9. The van der Waals surface area contributed by atoms with E-state index in [0.717, 1.165) is 26.7 Å². The van der Waals surface area contributed by atoms with Crippen molar-refractivity contribution in [1.29, 1.82) is 0 Å². The summed E-state index contributed by atoms with van der Waals surface area (Å²) >= 11 is 3.54. The highest BCUT2D eigenvalue weighted by molar-refractivity contribution is 9.10. The van der Waals surface area contributed by atoms with E-state index >= 15 is 0 Å². The molecule has 1 aliphatic carbocycles. The normalized spacial score (nSPS) is 19.4. The minimum absolute atomic E-state index is 0.186. The molecule has 0 radical (unpaired) electrons. The third-order valence-electron chi connectivity index (χ3n) is 5.79. The second kappa shape index (κ2) is 8.44. The molecule has 0 aliphatic heterocycles. The van der Waals surface area contributed by atoms with Crippen LogP contribution >= 0.6 is 15.9 Å². The standard InChI is InChI=1S/C25H26BrN3O2/c1-15-11-20(22(27-14-15)16-7-5-4-6-8-16)28-24(31)29-23-18-10-9-17(26)12-19(18)25(2,3)13-21(23)30/h4-12,14,21,23,30H,13H2,1-3H3,(H2,28,29,31)/t21-,23-/m1/s1. The lowest BCUT2D eigenvalue weighted by Crippen LogP contribution is -2.45. The molecule has 0 saturated heterocycles. The molecule has 1 aliphatic rings. The Kier molecular flexibility index (Phi) is 5.86. The van der Waals surface area contributed by atoms with E-state index in [1.165, 1.54) is 0 Å². The SMILES string of the molecule is Cc1cnc(-c2ccccc2)c(NC(=O)N[C@@H]2c3ccc(Br)cc3C(C)(C)C[C@H]2O)c1. The molecule has 2 atom stereocenters. The van der Waals surface area contributed by atoms with E-state index in [9.17, 15) is 9.90 Å². The van der Waals surface area contributed by atoms with Crippen LogP contribution in [0.3, 0.4) is 0 Å². The number of hydrogen-bond donors (Lipinski definition) is 3. The van der Waals surface area contributed by atoms with Crippen LogP contribution in [-0.4, -0.2) is 22.2 Å². The summed E-state index contributed by atoms with van der Waals surface area (Å²) < 4.78 is 0.984. The van der Waals surface area contributed by atoms with Gasteiger partial charge in [-0.15, -0.1) is 0 Å². The van der Waals surface area contributed by atoms with Crippen LogP contribution in [0.1, 0.15) is 43.0 Å². The summed E-state index contributed by atoms with van der Waals surface area (Å²) in [6.07, 6.45) is 1.66. The molecule has 0 bridgehead atoms. The van der Waals surface area contributed by atoms with Gasteiger partial charge < -0.3 is 15.7 Å². The summed E-state index contributed by atoms with van der Waals surface area (Å²) in [6, 6.07) is 16.8. The van der Waals surface area contributed by atoms with Crippen molar-refractivity contribution in [3.8, 4) is 11.3 Å². The van der Waals surface area contributed by atoms with Crippen LogP contribution in [0.2, 0.25) is 0 Å². The van der Waals surface area contributed by atoms with Gasteiger partial charge in [0.1, 0.15) is 0 Å². The Balaban J connectivity index is 1.61. The van der Waals surface area contributed by atoms with Crippen molar-refractivity contribution >= 4 is 27.6 Å². The highest BCUT2D eigenvalue weighted by Gasteiger charge is 2.39. The molecule has 160 valence electrons. The lowest BCUT2D eigenvalue weighted by Gasteiger charge is -2.40. The summed E-state index contributed by atoms with van der Waals surface area (Å²) in [4.78, 5) is 17.5. The van der Waals surface area contributed by atoms with Gasteiger partial charge in [0.25, 0.3) is 0 Å². The zero-order chi connectivity index (χ0) is 22.2. The quantitative estimate of drug-likeness (QED) is 0.449. The number of carbonyl (C=O) groups excluding carboxylic acids is 1. The van der Waals surface area contributed by atoms with E-state index in [1.807, 2.05) is 55.5 Å². The Morgan fingerprint density at radius 1 is 1.16 bits per heavy atom. The van der Waals surface area contributed by atoms with Crippen LogP contribution in [0.25, 0.3) is 11.3 Å². The van der Waals surface area contributed by atoms with Gasteiger partial charge in [-0.25, -0.2) is 4.79 Å². The number of aryl methyl sites for hydroxylation is 1. The molecule has 3 N–H and O–H groups in total. The van der Waals surface area contributed by atoms with Gasteiger partial charge in [-0.2, -0.15) is 0 Å². The van der Waals surface area contributed by atoms with E-state index in [4.69, 9.17) is 0 Å². The third kappa shape index (κ3) is 4.50. The predicted octanol–water partition coefficient (Wildman–Crippen LogP) is 5.72. The number of fused-ring (bicyclic) bond motifs is 1. The first-order valence-corrected chi connectivity index (χ1v) is 11.1. The second-order valence-corrected chi connectivity index (χ2v) is 9.65. The number of nitrogens with zero attached hydrogens (tertiary/aromatic N) is 1. The summed E-state index contributed by atoms with van der Waals surface area (Å²) in [5.41, 5.74) is 5.08. The first-order valence-electron chi connectivity index (χ1n) is 10.3. The fraction of sp³-hybridized carbons (Fsp3) is 0.280. The molecular weight excluding hydrogens is 454 g/mol. The molecular formula is C25H26BrN3O2. The lowest BCUT2D eigenvalue weighted by atomic mass is 9.70. The maximum Gasteiger partial charge on any atom is 0.319 e. The first kappa shape index (κ1) is 21.5. The third-order valence-corrected chi connectivity index (χ3v) is 6.28. The molecule has 2 aromatic carbocycles. The molecule has 0 saturated carbocycles. The largest absolute Gasteiger partial charge is 0.391 e. The number of amides is 2. The average Bonchev–Trinajstić information content (AvgIpc) is 2.72. The Morgan fingerprint density at radius 2 is 1.90 bits per heavy atom. The number of rotatable bonds is 3. The topological polar surface area (TPSA) is 74.2 Å². The van der Waals surface area contributed by atoms with Crippen LogP contribution in [0, 0.1) is 6.92 Å². The summed E-state index contributed by atoms with van der Waals surface area (Å²) in [5.74, 6) is 0. The number of aliphatic hydroxyl groups excluding tert-OH is 1.